The number of hydrogen-bond donors (Lipinski definition) is 0. The standard InChI is InChI=1S/C14H12Cl2N4O2/c1-7-17-12-8-5-9(15)10(16)6-11(8)18-19-13(12)14(21)20(7)3-4-22-2/h5-6H,3-4H2,1-2H3. The largest absolute Gasteiger partial charge is 0.383 e. The summed E-state index contributed by atoms with van der Waals surface area (Å²) < 4.78 is 6.53. The number of rotatable bonds is 3. The highest BCUT2D eigenvalue weighted by Crippen LogP contribution is 2.29. The van der Waals surface area contributed by atoms with Crippen LogP contribution in [-0.4, -0.2) is 33.5 Å². The molecule has 114 valence electrons. The third-order valence-electron chi connectivity index (χ3n) is 3.41. The third kappa shape index (κ3) is 2.43. The minimum atomic E-state index is -0.250. The van der Waals surface area contributed by atoms with Gasteiger partial charge in [0.2, 0.25) is 0 Å². The molecule has 0 aliphatic carbocycles. The monoisotopic (exact) mass is 338 g/mol. The lowest BCUT2D eigenvalue weighted by atomic mass is 10.2. The zero-order valence-corrected chi connectivity index (χ0v) is 13.4. The summed E-state index contributed by atoms with van der Waals surface area (Å²) in [7, 11) is 1.58. The number of hydrogen-bond acceptors (Lipinski definition) is 5. The van der Waals surface area contributed by atoms with Gasteiger partial charge in [0.05, 0.1) is 28.7 Å². The van der Waals surface area contributed by atoms with Crippen molar-refractivity contribution in [2.24, 2.45) is 0 Å². The molecule has 0 N–H and O–H groups in total. The molecule has 0 aliphatic heterocycles. The van der Waals surface area contributed by atoms with Gasteiger partial charge in [-0.2, -0.15) is 0 Å². The maximum absolute atomic E-state index is 12.6. The summed E-state index contributed by atoms with van der Waals surface area (Å²) in [5.74, 6) is 0.579. The van der Waals surface area contributed by atoms with Gasteiger partial charge in [0.25, 0.3) is 5.56 Å². The number of benzene rings is 1. The molecule has 0 atom stereocenters. The number of ether oxygens (including phenoxy) is 1. The van der Waals surface area contributed by atoms with E-state index < -0.39 is 0 Å². The molecule has 0 fully saturated rings. The SMILES string of the molecule is COCCn1c(C)nc2c(nnc3cc(Cl)c(Cl)cc32)c1=O. The van der Waals surface area contributed by atoms with Gasteiger partial charge in [-0.25, -0.2) is 4.98 Å². The van der Waals surface area contributed by atoms with Gasteiger partial charge in [0, 0.05) is 12.5 Å². The van der Waals surface area contributed by atoms with Gasteiger partial charge in [0.1, 0.15) is 11.3 Å². The summed E-state index contributed by atoms with van der Waals surface area (Å²) in [4.78, 5) is 17.0. The first kappa shape index (κ1) is 15.1. The highest BCUT2D eigenvalue weighted by atomic mass is 35.5. The molecule has 0 radical (unpaired) electrons. The Morgan fingerprint density at radius 3 is 2.64 bits per heavy atom. The molecule has 0 saturated heterocycles. The van der Waals surface area contributed by atoms with Crippen molar-refractivity contribution in [1.29, 1.82) is 0 Å². The van der Waals surface area contributed by atoms with Gasteiger partial charge in [-0.1, -0.05) is 23.2 Å². The van der Waals surface area contributed by atoms with E-state index in [0.29, 0.717) is 45.4 Å². The first-order chi connectivity index (χ1) is 10.5. The predicted octanol–water partition coefficient (Wildman–Crippen LogP) is 2.60. The molecule has 3 rings (SSSR count). The molecule has 0 aliphatic rings. The molecule has 0 saturated carbocycles. The summed E-state index contributed by atoms with van der Waals surface area (Å²) in [6, 6.07) is 3.26. The van der Waals surface area contributed by atoms with Crippen molar-refractivity contribution in [2.45, 2.75) is 13.5 Å². The molecular formula is C14H12Cl2N4O2. The van der Waals surface area contributed by atoms with Gasteiger partial charge < -0.3 is 4.74 Å². The van der Waals surface area contributed by atoms with Crippen molar-refractivity contribution in [3.8, 4) is 0 Å². The smallest absolute Gasteiger partial charge is 0.282 e. The van der Waals surface area contributed by atoms with Crippen LogP contribution in [0.4, 0.5) is 0 Å². The van der Waals surface area contributed by atoms with E-state index in [1.54, 1.807) is 26.2 Å². The predicted molar refractivity (Wildman–Crippen MR) is 85.7 cm³/mol. The molecule has 6 nitrogen and oxygen atoms in total. The Kier molecular flexibility index (Phi) is 3.99. The van der Waals surface area contributed by atoms with E-state index in [1.807, 2.05) is 0 Å². The van der Waals surface area contributed by atoms with Gasteiger partial charge in [0.15, 0.2) is 5.52 Å². The lowest BCUT2D eigenvalue weighted by Gasteiger charge is -2.10. The van der Waals surface area contributed by atoms with Crippen LogP contribution < -0.4 is 5.56 Å². The van der Waals surface area contributed by atoms with E-state index in [4.69, 9.17) is 27.9 Å². The van der Waals surface area contributed by atoms with Crippen LogP contribution in [0, 0.1) is 6.92 Å². The van der Waals surface area contributed by atoms with Crippen molar-refractivity contribution in [3.63, 3.8) is 0 Å². The van der Waals surface area contributed by atoms with E-state index in [1.165, 1.54) is 4.57 Å². The number of methoxy groups -OCH3 is 1. The van der Waals surface area contributed by atoms with Crippen molar-refractivity contribution >= 4 is 45.1 Å². The van der Waals surface area contributed by atoms with Crippen LogP contribution in [-0.2, 0) is 11.3 Å². The Labute approximate surface area is 135 Å². The molecule has 22 heavy (non-hydrogen) atoms. The Balaban J connectivity index is 2.36. The van der Waals surface area contributed by atoms with Gasteiger partial charge in [-0.3, -0.25) is 9.36 Å². The molecule has 0 amide bonds. The van der Waals surface area contributed by atoms with E-state index in [9.17, 15) is 4.79 Å². The zero-order chi connectivity index (χ0) is 15.9. The van der Waals surface area contributed by atoms with Gasteiger partial charge in [-0.15, -0.1) is 10.2 Å². The highest BCUT2D eigenvalue weighted by Gasteiger charge is 2.14. The summed E-state index contributed by atoms with van der Waals surface area (Å²) >= 11 is 12.0. The molecule has 2 aromatic heterocycles. The minimum absolute atomic E-state index is 0.201. The molecule has 0 unspecified atom stereocenters. The lowest BCUT2D eigenvalue weighted by molar-refractivity contribution is 0.185. The molecule has 0 bridgehead atoms. The number of halogens is 2. The quantitative estimate of drug-likeness (QED) is 0.686. The second kappa shape index (κ2) is 5.79. The topological polar surface area (TPSA) is 69.9 Å². The van der Waals surface area contributed by atoms with Crippen molar-refractivity contribution in [1.82, 2.24) is 19.7 Å². The van der Waals surface area contributed by atoms with Crippen molar-refractivity contribution in [2.75, 3.05) is 13.7 Å². The first-order valence-corrected chi connectivity index (χ1v) is 7.30. The average Bonchev–Trinajstić information content (AvgIpc) is 2.48. The number of fused-ring (bicyclic) bond motifs is 3. The van der Waals surface area contributed by atoms with E-state index in [0.717, 1.165) is 0 Å². The lowest BCUT2D eigenvalue weighted by Crippen LogP contribution is -2.26. The molecule has 3 aromatic rings. The van der Waals surface area contributed by atoms with Crippen molar-refractivity contribution in [3.05, 3.63) is 38.4 Å². The average molecular weight is 339 g/mol. The molecule has 8 heteroatoms. The van der Waals surface area contributed by atoms with Crippen LogP contribution in [0.1, 0.15) is 5.82 Å². The Hall–Kier alpha value is -1.76. The fourth-order valence-corrected chi connectivity index (χ4v) is 2.61. The normalized spacial score (nSPS) is 11.5. The van der Waals surface area contributed by atoms with Gasteiger partial charge >= 0.3 is 0 Å². The number of aromatic nitrogens is 4. The second-order valence-electron chi connectivity index (χ2n) is 4.79. The van der Waals surface area contributed by atoms with Gasteiger partial charge in [-0.05, 0) is 19.1 Å². The summed E-state index contributed by atoms with van der Waals surface area (Å²) in [6.07, 6.45) is 0. The van der Waals surface area contributed by atoms with Crippen LogP contribution >= 0.6 is 23.2 Å². The van der Waals surface area contributed by atoms with Crippen LogP contribution in [0.25, 0.3) is 21.9 Å². The summed E-state index contributed by atoms with van der Waals surface area (Å²) in [6.45, 7) is 2.59. The maximum Gasteiger partial charge on any atom is 0.282 e. The zero-order valence-electron chi connectivity index (χ0n) is 11.9. The van der Waals surface area contributed by atoms with Crippen molar-refractivity contribution < 1.29 is 4.74 Å². The number of nitrogens with zero attached hydrogens (tertiary/aromatic N) is 4. The molecular weight excluding hydrogens is 327 g/mol. The van der Waals surface area contributed by atoms with Crippen LogP contribution in [0.5, 0.6) is 0 Å². The van der Waals surface area contributed by atoms with Crippen LogP contribution in [0.15, 0.2) is 16.9 Å². The van der Waals surface area contributed by atoms with E-state index in [2.05, 4.69) is 15.2 Å². The Morgan fingerprint density at radius 1 is 1.18 bits per heavy atom. The van der Waals surface area contributed by atoms with Crippen LogP contribution in [0.2, 0.25) is 10.0 Å². The Bertz CT molecular complexity index is 940. The fourth-order valence-electron chi connectivity index (χ4n) is 2.29. The first-order valence-electron chi connectivity index (χ1n) is 6.54. The summed E-state index contributed by atoms with van der Waals surface area (Å²) in [5, 5.41) is 9.46. The second-order valence-corrected chi connectivity index (χ2v) is 5.60. The fraction of sp³-hybridized carbons (Fsp3) is 0.286. The van der Waals surface area contributed by atoms with Crippen LogP contribution in [0.3, 0.4) is 0 Å². The van der Waals surface area contributed by atoms with E-state index in [-0.39, 0.29) is 11.1 Å². The summed E-state index contributed by atoms with van der Waals surface area (Å²) in [5.41, 5.74) is 0.968. The molecule has 1 aromatic carbocycles. The minimum Gasteiger partial charge on any atom is -0.383 e. The maximum atomic E-state index is 12.6. The Morgan fingerprint density at radius 2 is 1.91 bits per heavy atom. The number of aryl methyl sites for hydroxylation is 1. The molecule has 2 heterocycles. The van der Waals surface area contributed by atoms with E-state index >= 15 is 0 Å². The third-order valence-corrected chi connectivity index (χ3v) is 4.13. The highest BCUT2D eigenvalue weighted by molar-refractivity contribution is 6.43. The molecule has 0 spiro atoms.